The van der Waals surface area contributed by atoms with Crippen molar-refractivity contribution >= 4 is 35.1 Å². The third kappa shape index (κ3) is 5.75. The summed E-state index contributed by atoms with van der Waals surface area (Å²) in [5, 5.41) is 11.5. The Kier molecular flexibility index (Phi) is 6.84. The number of thioether (sulfide) groups is 1. The molecule has 1 N–H and O–H groups in total. The van der Waals surface area contributed by atoms with E-state index >= 15 is 0 Å². The van der Waals surface area contributed by atoms with Crippen LogP contribution < -0.4 is 5.32 Å². The second-order valence-electron chi connectivity index (χ2n) is 6.37. The molecule has 0 saturated carbocycles. The molecule has 5 nitrogen and oxygen atoms in total. The number of benzene rings is 3. The second-order valence-corrected chi connectivity index (χ2v) is 8.41. The lowest BCUT2D eigenvalue weighted by Crippen LogP contribution is -2.14. The first-order chi connectivity index (χ1) is 14.8. The molecular formula is C23H19N3O2S2. The molecule has 0 fully saturated rings. The van der Waals surface area contributed by atoms with Crippen molar-refractivity contribution in [1.29, 1.82) is 0 Å². The lowest BCUT2D eigenvalue weighted by molar-refractivity contribution is -0.113. The Balaban J connectivity index is 1.32. The maximum absolute atomic E-state index is 12.5. The van der Waals surface area contributed by atoms with E-state index in [1.54, 1.807) is 11.8 Å². The van der Waals surface area contributed by atoms with Gasteiger partial charge in [0.2, 0.25) is 11.8 Å². The summed E-state index contributed by atoms with van der Waals surface area (Å²) in [6.07, 6.45) is 0.574. The van der Waals surface area contributed by atoms with Gasteiger partial charge in [-0.25, -0.2) is 0 Å². The van der Waals surface area contributed by atoms with Crippen LogP contribution in [0.4, 0.5) is 5.69 Å². The first kappa shape index (κ1) is 20.3. The van der Waals surface area contributed by atoms with Crippen molar-refractivity contribution < 1.29 is 9.21 Å². The summed E-state index contributed by atoms with van der Waals surface area (Å²) in [6.45, 7) is 0. The van der Waals surface area contributed by atoms with E-state index in [1.807, 2.05) is 84.9 Å². The summed E-state index contributed by atoms with van der Waals surface area (Å²) in [4.78, 5) is 14.6. The van der Waals surface area contributed by atoms with Gasteiger partial charge in [-0.2, -0.15) is 0 Å². The molecule has 150 valence electrons. The molecule has 1 amide bonds. The summed E-state index contributed by atoms with van der Waals surface area (Å²) in [5.41, 5.74) is 1.88. The number of hydrogen-bond donors (Lipinski definition) is 1. The molecule has 0 atom stereocenters. The molecule has 0 saturated heterocycles. The van der Waals surface area contributed by atoms with Crippen LogP contribution in [-0.2, 0) is 11.2 Å². The Morgan fingerprint density at radius 1 is 0.867 bits per heavy atom. The van der Waals surface area contributed by atoms with Crippen LogP contribution >= 0.6 is 23.5 Å². The molecule has 0 aliphatic carbocycles. The number of carbonyl (C=O) groups is 1. The second kappa shape index (κ2) is 10.1. The number of nitrogens with one attached hydrogen (secondary N) is 1. The molecule has 3 aromatic carbocycles. The summed E-state index contributed by atoms with van der Waals surface area (Å²) in [5.74, 6) is 0.606. The van der Waals surface area contributed by atoms with E-state index in [9.17, 15) is 4.79 Å². The van der Waals surface area contributed by atoms with Crippen molar-refractivity contribution in [3.63, 3.8) is 0 Å². The van der Waals surface area contributed by atoms with Gasteiger partial charge in [0, 0.05) is 9.79 Å². The number of amides is 1. The largest absolute Gasteiger partial charge is 0.416 e. The number of anilines is 1. The maximum atomic E-state index is 12.5. The smallest absolute Gasteiger partial charge is 0.277 e. The van der Waals surface area contributed by atoms with Gasteiger partial charge in [0.1, 0.15) is 0 Å². The Hall–Kier alpha value is -3.03. The summed E-state index contributed by atoms with van der Waals surface area (Å²) < 4.78 is 5.65. The van der Waals surface area contributed by atoms with Crippen molar-refractivity contribution in [2.75, 3.05) is 11.1 Å². The van der Waals surface area contributed by atoms with Gasteiger partial charge in [-0.1, -0.05) is 84.2 Å². The molecule has 7 heteroatoms. The molecule has 30 heavy (non-hydrogen) atoms. The maximum Gasteiger partial charge on any atom is 0.277 e. The predicted octanol–water partition coefficient (Wildman–Crippen LogP) is 5.54. The Labute approximate surface area is 183 Å². The van der Waals surface area contributed by atoms with Crippen molar-refractivity contribution in [1.82, 2.24) is 10.2 Å². The monoisotopic (exact) mass is 433 g/mol. The summed E-state index contributed by atoms with van der Waals surface area (Å²) >= 11 is 2.84. The lowest BCUT2D eigenvalue weighted by Gasteiger charge is -2.10. The van der Waals surface area contributed by atoms with Crippen LogP contribution in [0, 0.1) is 0 Å². The Bertz CT molecular complexity index is 1100. The zero-order valence-corrected chi connectivity index (χ0v) is 17.7. The van der Waals surface area contributed by atoms with E-state index < -0.39 is 0 Å². The van der Waals surface area contributed by atoms with Crippen molar-refractivity contribution in [2.24, 2.45) is 0 Å². The lowest BCUT2D eigenvalue weighted by atomic mass is 10.2. The van der Waals surface area contributed by atoms with Gasteiger partial charge in [-0.05, 0) is 29.8 Å². The highest BCUT2D eigenvalue weighted by Crippen LogP contribution is 2.33. The number of nitrogens with zero attached hydrogens (tertiary/aromatic N) is 2. The van der Waals surface area contributed by atoms with Gasteiger partial charge < -0.3 is 9.73 Å². The Morgan fingerprint density at radius 3 is 2.37 bits per heavy atom. The third-order valence-corrected chi connectivity index (χ3v) is 6.01. The molecule has 1 aromatic heterocycles. The van der Waals surface area contributed by atoms with Gasteiger partial charge in [0.15, 0.2) is 0 Å². The van der Waals surface area contributed by atoms with Crippen molar-refractivity contribution in [2.45, 2.75) is 21.4 Å². The molecule has 1 heterocycles. The quantitative estimate of drug-likeness (QED) is 0.368. The molecule has 0 spiro atoms. The third-order valence-electron chi connectivity index (χ3n) is 4.11. The highest BCUT2D eigenvalue weighted by atomic mass is 32.2. The summed E-state index contributed by atoms with van der Waals surface area (Å²) in [7, 11) is 0. The van der Waals surface area contributed by atoms with Gasteiger partial charge >= 0.3 is 0 Å². The van der Waals surface area contributed by atoms with E-state index in [0.29, 0.717) is 17.5 Å². The van der Waals surface area contributed by atoms with E-state index in [0.717, 1.165) is 21.0 Å². The van der Waals surface area contributed by atoms with Gasteiger partial charge in [-0.3, -0.25) is 4.79 Å². The fourth-order valence-corrected chi connectivity index (χ4v) is 4.23. The van der Waals surface area contributed by atoms with Gasteiger partial charge in [-0.15, -0.1) is 10.2 Å². The van der Waals surface area contributed by atoms with Crippen molar-refractivity contribution in [3.8, 4) is 0 Å². The fraction of sp³-hybridized carbons (Fsp3) is 0.0870. The van der Waals surface area contributed by atoms with Crippen LogP contribution in [0.2, 0.25) is 0 Å². The van der Waals surface area contributed by atoms with Crippen LogP contribution in [0.1, 0.15) is 11.5 Å². The number of hydrogen-bond acceptors (Lipinski definition) is 6. The minimum Gasteiger partial charge on any atom is -0.416 e. The molecular weight excluding hydrogens is 414 g/mol. The van der Waals surface area contributed by atoms with Gasteiger partial charge in [0.25, 0.3) is 5.22 Å². The van der Waals surface area contributed by atoms with Crippen LogP contribution in [0.3, 0.4) is 0 Å². The fourth-order valence-electron chi connectivity index (χ4n) is 2.73. The van der Waals surface area contributed by atoms with Crippen LogP contribution in [-0.4, -0.2) is 21.9 Å². The predicted molar refractivity (Wildman–Crippen MR) is 120 cm³/mol. The standard InChI is InChI=1S/C23H19N3O2S2/c27-21(16-29-23-26-25-22(28-23)15-17-9-3-1-4-10-17)24-19-13-7-8-14-20(19)30-18-11-5-2-6-12-18/h1-14H,15-16H2,(H,24,27). The molecule has 0 bridgehead atoms. The molecule has 4 aromatic rings. The van der Waals surface area contributed by atoms with Crippen molar-refractivity contribution in [3.05, 3.63) is 96.4 Å². The summed E-state index contributed by atoms with van der Waals surface area (Å²) in [6, 6.07) is 27.8. The molecule has 4 rings (SSSR count). The number of aromatic nitrogens is 2. The van der Waals surface area contributed by atoms with Gasteiger partial charge in [0.05, 0.1) is 17.9 Å². The SMILES string of the molecule is O=C(CSc1nnc(Cc2ccccc2)o1)Nc1ccccc1Sc1ccccc1. The van der Waals surface area contributed by atoms with E-state index in [4.69, 9.17) is 4.42 Å². The highest BCUT2D eigenvalue weighted by molar-refractivity contribution is 8.00. The zero-order valence-electron chi connectivity index (χ0n) is 16.0. The average Bonchev–Trinajstić information content (AvgIpc) is 3.22. The first-order valence-corrected chi connectivity index (χ1v) is 11.2. The topological polar surface area (TPSA) is 68.0 Å². The van der Waals surface area contributed by atoms with E-state index in [2.05, 4.69) is 15.5 Å². The molecule has 0 unspecified atom stereocenters. The van der Waals surface area contributed by atoms with Crippen LogP contribution in [0.15, 0.2) is 104 Å². The average molecular weight is 434 g/mol. The van der Waals surface area contributed by atoms with E-state index in [-0.39, 0.29) is 11.7 Å². The molecule has 0 radical (unpaired) electrons. The number of rotatable bonds is 8. The Morgan fingerprint density at radius 2 is 1.57 bits per heavy atom. The van der Waals surface area contributed by atoms with Crippen LogP contribution in [0.25, 0.3) is 0 Å². The highest BCUT2D eigenvalue weighted by Gasteiger charge is 2.12. The zero-order chi connectivity index (χ0) is 20.6. The minimum absolute atomic E-state index is 0.121. The molecule has 0 aliphatic rings. The van der Waals surface area contributed by atoms with E-state index in [1.165, 1.54) is 11.8 Å². The number of carbonyl (C=O) groups excluding carboxylic acids is 1. The number of para-hydroxylation sites is 1. The normalized spacial score (nSPS) is 10.7. The minimum atomic E-state index is -0.121. The first-order valence-electron chi connectivity index (χ1n) is 9.37. The molecule has 0 aliphatic heterocycles. The van der Waals surface area contributed by atoms with Crippen LogP contribution in [0.5, 0.6) is 0 Å².